The highest BCUT2D eigenvalue weighted by Crippen LogP contribution is 2.20. The second kappa shape index (κ2) is 8.94. The quantitative estimate of drug-likeness (QED) is 0.781. The highest BCUT2D eigenvalue weighted by Gasteiger charge is 2.09. The number of aromatic nitrogens is 1. The van der Waals surface area contributed by atoms with Crippen molar-refractivity contribution in [3.63, 3.8) is 0 Å². The van der Waals surface area contributed by atoms with Crippen LogP contribution in [0.3, 0.4) is 0 Å². The third kappa shape index (κ3) is 5.42. The fourth-order valence-electron chi connectivity index (χ4n) is 2.62. The average Bonchev–Trinajstić information content (AvgIpc) is 2.98. The highest BCUT2D eigenvalue weighted by molar-refractivity contribution is 7.11. The van der Waals surface area contributed by atoms with Crippen molar-refractivity contribution in [1.29, 1.82) is 0 Å². The second-order valence-corrected chi connectivity index (χ2v) is 7.43. The Labute approximate surface area is 148 Å². The zero-order chi connectivity index (χ0) is 17.5. The minimum absolute atomic E-state index is 0.0864. The Kier molecular flexibility index (Phi) is 6.94. The van der Waals surface area contributed by atoms with E-state index < -0.39 is 0 Å². The van der Waals surface area contributed by atoms with Crippen molar-refractivity contribution in [2.45, 2.75) is 46.6 Å². The van der Waals surface area contributed by atoms with Crippen LogP contribution in [0.25, 0.3) is 0 Å². The molecule has 1 N–H and O–H groups in total. The summed E-state index contributed by atoms with van der Waals surface area (Å²) in [5.74, 6) is 0.0864. The normalized spacial score (nSPS) is 11.0. The molecule has 130 valence electrons. The van der Waals surface area contributed by atoms with Crippen molar-refractivity contribution in [2.24, 2.45) is 0 Å². The molecule has 1 aromatic carbocycles. The molecule has 5 heteroatoms. The van der Waals surface area contributed by atoms with Crippen LogP contribution in [-0.4, -0.2) is 29.4 Å². The van der Waals surface area contributed by atoms with Crippen LogP contribution in [0.15, 0.2) is 24.4 Å². The molecule has 24 heavy (non-hydrogen) atoms. The molecule has 0 atom stereocenters. The van der Waals surface area contributed by atoms with Gasteiger partial charge in [-0.3, -0.25) is 9.69 Å². The number of thiazole rings is 1. The zero-order valence-corrected chi connectivity index (χ0v) is 15.9. The summed E-state index contributed by atoms with van der Waals surface area (Å²) < 4.78 is 0. The number of anilines is 1. The van der Waals surface area contributed by atoms with Crippen molar-refractivity contribution in [3.05, 3.63) is 45.4 Å². The molecule has 0 aliphatic heterocycles. The van der Waals surface area contributed by atoms with Gasteiger partial charge in [-0.1, -0.05) is 25.1 Å². The van der Waals surface area contributed by atoms with Crippen LogP contribution < -0.4 is 5.32 Å². The van der Waals surface area contributed by atoms with Crippen molar-refractivity contribution < 1.29 is 4.79 Å². The molecular weight excluding hydrogens is 318 g/mol. The summed E-state index contributed by atoms with van der Waals surface area (Å²) in [6, 6.07) is 6.06. The predicted octanol–water partition coefficient (Wildman–Crippen LogP) is 4.17. The van der Waals surface area contributed by atoms with Gasteiger partial charge in [0.05, 0.1) is 6.54 Å². The van der Waals surface area contributed by atoms with Crippen LogP contribution in [0, 0.1) is 13.8 Å². The van der Waals surface area contributed by atoms with Gasteiger partial charge in [-0.05, 0) is 51.4 Å². The summed E-state index contributed by atoms with van der Waals surface area (Å²) in [6.07, 6.45) is 4.39. The fraction of sp³-hybridized carbons (Fsp3) is 0.474. The van der Waals surface area contributed by atoms with E-state index in [0.717, 1.165) is 47.8 Å². The van der Waals surface area contributed by atoms with Gasteiger partial charge in [-0.25, -0.2) is 4.98 Å². The average molecular weight is 346 g/mol. The van der Waals surface area contributed by atoms with Crippen LogP contribution in [0.1, 0.15) is 40.8 Å². The van der Waals surface area contributed by atoms with Crippen LogP contribution in [0.4, 0.5) is 5.69 Å². The van der Waals surface area contributed by atoms with Gasteiger partial charge in [-0.15, -0.1) is 11.3 Å². The maximum absolute atomic E-state index is 12.2. The summed E-state index contributed by atoms with van der Waals surface area (Å²) in [7, 11) is 2.08. The van der Waals surface area contributed by atoms with Crippen molar-refractivity contribution in [2.75, 3.05) is 18.9 Å². The molecule has 0 saturated carbocycles. The van der Waals surface area contributed by atoms with E-state index in [1.807, 2.05) is 38.2 Å². The maximum Gasteiger partial charge on any atom is 0.224 e. The number of rotatable bonds is 8. The number of hydrogen-bond acceptors (Lipinski definition) is 4. The molecule has 1 heterocycles. The Morgan fingerprint density at radius 3 is 2.62 bits per heavy atom. The number of hydrogen-bond donors (Lipinski definition) is 1. The van der Waals surface area contributed by atoms with Crippen LogP contribution >= 0.6 is 11.3 Å². The smallest absolute Gasteiger partial charge is 0.224 e. The molecule has 0 unspecified atom stereocenters. The summed E-state index contributed by atoms with van der Waals surface area (Å²) in [4.78, 5) is 20.2. The number of carbonyl (C=O) groups excluding carboxylic acids is 1. The second-order valence-electron chi connectivity index (χ2n) is 6.23. The van der Waals surface area contributed by atoms with Crippen LogP contribution in [-0.2, 0) is 17.8 Å². The van der Waals surface area contributed by atoms with Gasteiger partial charge < -0.3 is 5.32 Å². The van der Waals surface area contributed by atoms with E-state index in [4.69, 9.17) is 0 Å². The van der Waals surface area contributed by atoms with Gasteiger partial charge in [0.1, 0.15) is 5.01 Å². The van der Waals surface area contributed by atoms with E-state index in [0.29, 0.717) is 6.42 Å². The minimum Gasteiger partial charge on any atom is -0.326 e. The topological polar surface area (TPSA) is 45.2 Å². The van der Waals surface area contributed by atoms with Crippen molar-refractivity contribution >= 4 is 22.9 Å². The number of para-hydroxylation sites is 1. The number of nitrogens with zero attached hydrogens (tertiary/aromatic N) is 2. The van der Waals surface area contributed by atoms with Gasteiger partial charge in [0, 0.05) is 23.2 Å². The molecule has 4 nitrogen and oxygen atoms in total. The van der Waals surface area contributed by atoms with Gasteiger partial charge in [0.25, 0.3) is 0 Å². The lowest BCUT2D eigenvalue weighted by Crippen LogP contribution is -2.21. The predicted molar refractivity (Wildman–Crippen MR) is 102 cm³/mol. The lowest BCUT2D eigenvalue weighted by Gasteiger charge is -2.15. The standard InChI is InChI=1S/C19H27N3OS/c1-5-16-12-20-18(24-16)13-22(4)11-7-10-17(23)21-19-14(2)8-6-9-15(19)3/h6,8-9,12H,5,7,10-11,13H2,1-4H3,(H,21,23). The van der Waals surface area contributed by atoms with Gasteiger partial charge in [0.2, 0.25) is 5.91 Å². The first kappa shape index (κ1) is 18.6. The largest absolute Gasteiger partial charge is 0.326 e. The van der Waals surface area contributed by atoms with E-state index in [1.165, 1.54) is 4.88 Å². The molecule has 1 aromatic heterocycles. The Morgan fingerprint density at radius 2 is 2.00 bits per heavy atom. The molecule has 0 aliphatic carbocycles. The van der Waals surface area contributed by atoms with Gasteiger partial charge in [-0.2, -0.15) is 0 Å². The lowest BCUT2D eigenvalue weighted by atomic mass is 10.1. The first-order valence-corrected chi connectivity index (χ1v) is 9.29. The first-order chi connectivity index (χ1) is 11.5. The number of aryl methyl sites for hydroxylation is 3. The number of amides is 1. The molecule has 0 saturated heterocycles. The fourth-order valence-corrected chi connectivity index (χ4v) is 3.56. The summed E-state index contributed by atoms with van der Waals surface area (Å²) in [5.41, 5.74) is 3.16. The first-order valence-electron chi connectivity index (χ1n) is 8.47. The molecule has 1 amide bonds. The molecule has 2 rings (SSSR count). The van der Waals surface area contributed by atoms with Gasteiger partial charge >= 0.3 is 0 Å². The number of carbonyl (C=O) groups is 1. The molecular formula is C19H27N3OS. The third-order valence-corrected chi connectivity index (χ3v) is 5.17. The Hall–Kier alpha value is -1.72. The molecule has 2 aromatic rings. The summed E-state index contributed by atoms with van der Waals surface area (Å²) in [5, 5.41) is 4.19. The van der Waals surface area contributed by atoms with Crippen LogP contribution in [0.5, 0.6) is 0 Å². The van der Waals surface area contributed by atoms with Crippen molar-refractivity contribution in [1.82, 2.24) is 9.88 Å². The van der Waals surface area contributed by atoms with E-state index in [9.17, 15) is 4.79 Å². The summed E-state index contributed by atoms with van der Waals surface area (Å²) in [6.45, 7) is 7.93. The SMILES string of the molecule is CCc1cnc(CN(C)CCCC(=O)Nc2c(C)cccc2C)s1. The van der Waals surface area contributed by atoms with Crippen molar-refractivity contribution in [3.8, 4) is 0 Å². The maximum atomic E-state index is 12.2. The number of benzene rings is 1. The van der Waals surface area contributed by atoms with E-state index in [2.05, 4.69) is 29.2 Å². The minimum atomic E-state index is 0.0864. The summed E-state index contributed by atoms with van der Waals surface area (Å²) >= 11 is 1.77. The van der Waals surface area contributed by atoms with Gasteiger partial charge in [0.15, 0.2) is 0 Å². The van der Waals surface area contributed by atoms with E-state index in [-0.39, 0.29) is 5.91 Å². The molecule has 0 fully saturated rings. The highest BCUT2D eigenvalue weighted by atomic mass is 32.1. The molecule has 0 radical (unpaired) electrons. The Morgan fingerprint density at radius 1 is 1.29 bits per heavy atom. The Bertz CT molecular complexity index is 661. The molecule has 0 spiro atoms. The molecule has 0 aliphatic rings. The zero-order valence-electron chi connectivity index (χ0n) is 15.1. The van der Waals surface area contributed by atoms with Crippen LogP contribution in [0.2, 0.25) is 0 Å². The molecule has 0 bridgehead atoms. The van der Waals surface area contributed by atoms with E-state index in [1.54, 1.807) is 11.3 Å². The monoisotopic (exact) mass is 345 g/mol. The number of nitrogens with one attached hydrogen (secondary N) is 1. The van der Waals surface area contributed by atoms with E-state index >= 15 is 0 Å². The lowest BCUT2D eigenvalue weighted by molar-refractivity contribution is -0.116. The third-order valence-electron chi connectivity index (χ3n) is 4.04. The Balaban J connectivity index is 1.74.